The molecule has 0 unspecified atom stereocenters. The van der Waals surface area contributed by atoms with Gasteiger partial charge in [-0.3, -0.25) is 0 Å². The predicted molar refractivity (Wildman–Crippen MR) is 33.0 cm³/mol. The molecule has 0 aliphatic rings. The highest BCUT2D eigenvalue weighted by molar-refractivity contribution is 5.18. The Kier molecular flexibility index (Phi) is 1.73. The Bertz CT molecular complexity index is 216. The highest BCUT2D eigenvalue weighted by Crippen LogP contribution is 2.06. The first-order chi connectivity index (χ1) is 4.72. The van der Waals surface area contributed by atoms with Crippen molar-refractivity contribution >= 4 is 0 Å². The van der Waals surface area contributed by atoms with Gasteiger partial charge in [0.1, 0.15) is 0 Å². The molecule has 0 amide bonds. The van der Waals surface area contributed by atoms with Crippen LogP contribution in [0.5, 0.6) is 5.75 Å². The van der Waals surface area contributed by atoms with Gasteiger partial charge in [0.2, 0.25) is 6.20 Å². The highest BCUT2D eigenvalue weighted by atomic mass is 16.5. The van der Waals surface area contributed by atoms with Crippen molar-refractivity contribution in [2.75, 3.05) is 0 Å². The normalized spacial score (nSPS) is 9.70. The van der Waals surface area contributed by atoms with Crippen LogP contribution in [-0.2, 0) is 6.61 Å². The molecule has 0 saturated heterocycles. The number of aliphatic hydroxyl groups is 1. The van der Waals surface area contributed by atoms with E-state index < -0.39 is 0 Å². The predicted octanol–water partition coefficient (Wildman–Crippen LogP) is -0.482. The van der Waals surface area contributed by atoms with Crippen molar-refractivity contribution in [2.45, 2.75) is 6.61 Å². The van der Waals surface area contributed by atoms with Gasteiger partial charge in [-0.05, 0) is 6.07 Å². The van der Waals surface area contributed by atoms with Crippen LogP contribution in [0.15, 0.2) is 18.5 Å². The van der Waals surface area contributed by atoms with Crippen LogP contribution in [0.1, 0.15) is 5.56 Å². The van der Waals surface area contributed by atoms with Crippen molar-refractivity contribution < 1.29 is 14.9 Å². The zero-order valence-electron chi connectivity index (χ0n) is 5.19. The molecule has 0 spiro atoms. The lowest BCUT2D eigenvalue weighted by molar-refractivity contribution is -0.606. The van der Waals surface area contributed by atoms with E-state index in [4.69, 9.17) is 10.2 Å². The van der Waals surface area contributed by atoms with Gasteiger partial charge in [-0.25, -0.2) is 0 Å². The Hall–Kier alpha value is -1.29. The molecule has 0 atom stereocenters. The van der Waals surface area contributed by atoms with E-state index in [0.29, 0.717) is 10.3 Å². The summed E-state index contributed by atoms with van der Waals surface area (Å²) in [5, 5.41) is 27.8. The minimum absolute atomic E-state index is 0.137. The second-order valence-electron chi connectivity index (χ2n) is 1.92. The van der Waals surface area contributed by atoms with Gasteiger partial charge in [-0.2, -0.15) is 4.73 Å². The standard InChI is InChI=1S/C6H7NO3/c8-4-5-1-6(9)3-7(10)2-5/h1-3,8-9H,4H2. The van der Waals surface area contributed by atoms with Crippen LogP contribution in [-0.4, -0.2) is 10.2 Å². The maximum absolute atomic E-state index is 10.5. The topological polar surface area (TPSA) is 67.4 Å². The Morgan fingerprint density at radius 3 is 2.70 bits per heavy atom. The lowest BCUT2D eigenvalue weighted by Crippen LogP contribution is -2.24. The maximum atomic E-state index is 10.5. The number of rotatable bonds is 1. The van der Waals surface area contributed by atoms with Crippen LogP contribution in [0, 0.1) is 5.21 Å². The largest absolute Gasteiger partial charge is 0.619 e. The van der Waals surface area contributed by atoms with E-state index >= 15 is 0 Å². The summed E-state index contributed by atoms with van der Waals surface area (Å²) < 4.78 is 0.445. The molecule has 4 heteroatoms. The van der Waals surface area contributed by atoms with Crippen molar-refractivity contribution in [3.05, 3.63) is 29.2 Å². The average molecular weight is 141 g/mol. The number of aliphatic hydroxyl groups excluding tert-OH is 1. The van der Waals surface area contributed by atoms with Gasteiger partial charge in [0.25, 0.3) is 0 Å². The third-order valence-corrected chi connectivity index (χ3v) is 1.07. The quantitative estimate of drug-likeness (QED) is 0.410. The summed E-state index contributed by atoms with van der Waals surface area (Å²) in [5.74, 6) is -0.137. The number of hydrogen-bond donors (Lipinski definition) is 2. The summed E-state index contributed by atoms with van der Waals surface area (Å²) >= 11 is 0. The molecule has 2 N–H and O–H groups in total. The van der Waals surface area contributed by atoms with Crippen molar-refractivity contribution in [1.82, 2.24) is 0 Å². The number of aromatic hydroxyl groups is 1. The van der Waals surface area contributed by atoms with Crippen LogP contribution in [0.25, 0.3) is 0 Å². The maximum Gasteiger partial charge on any atom is 0.222 e. The lowest BCUT2D eigenvalue weighted by Gasteiger charge is -1.98. The minimum Gasteiger partial charge on any atom is -0.619 e. The summed E-state index contributed by atoms with van der Waals surface area (Å²) in [6.45, 7) is -0.239. The van der Waals surface area contributed by atoms with Crippen LogP contribution < -0.4 is 4.73 Å². The van der Waals surface area contributed by atoms with Crippen molar-refractivity contribution in [3.8, 4) is 5.75 Å². The van der Waals surface area contributed by atoms with Crippen molar-refractivity contribution in [3.63, 3.8) is 0 Å². The Balaban J connectivity index is 3.06. The van der Waals surface area contributed by atoms with Gasteiger partial charge in [0.15, 0.2) is 11.9 Å². The van der Waals surface area contributed by atoms with Gasteiger partial charge >= 0.3 is 0 Å². The molecular weight excluding hydrogens is 134 g/mol. The number of nitrogens with zero attached hydrogens (tertiary/aromatic N) is 1. The van der Waals surface area contributed by atoms with E-state index in [1.54, 1.807) is 0 Å². The van der Waals surface area contributed by atoms with E-state index in [-0.39, 0.29) is 12.4 Å². The summed E-state index contributed by atoms with van der Waals surface area (Å²) in [4.78, 5) is 0. The smallest absolute Gasteiger partial charge is 0.222 e. The van der Waals surface area contributed by atoms with Crippen molar-refractivity contribution in [1.29, 1.82) is 0 Å². The summed E-state index contributed by atoms with van der Waals surface area (Å²) in [7, 11) is 0. The Labute approximate surface area is 57.6 Å². The first-order valence-electron chi connectivity index (χ1n) is 2.75. The second-order valence-corrected chi connectivity index (χ2v) is 1.92. The van der Waals surface area contributed by atoms with Crippen LogP contribution in [0.4, 0.5) is 0 Å². The fourth-order valence-electron chi connectivity index (χ4n) is 0.682. The molecule has 54 valence electrons. The van der Waals surface area contributed by atoms with E-state index in [0.717, 1.165) is 6.20 Å². The van der Waals surface area contributed by atoms with Crippen LogP contribution >= 0.6 is 0 Å². The van der Waals surface area contributed by atoms with Gasteiger partial charge in [-0.15, -0.1) is 0 Å². The summed E-state index contributed by atoms with van der Waals surface area (Å²) in [6, 6.07) is 1.33. The second kappa shape index (κ2) is 2.53. The Morgan fingerprint density at radius 2 is 2.20 bits per heavy atom. The number of pyridine rings is 1. The number of hydrogen-bond acceptors (Lipinski definition) is 3. The minimum atomic E-state index is -0.239. The molecule has 1 heterocycles. The number of aromatic nitrogens is 1. The third kappa shape index (κ3) is 1.35. The Morgan fingerprint density at radius 1 is 1.50 bits per heavy atom. The molecule has 0 aliphatic heterocycles. The lowest BCUT2D eigenvalue weighted by atomic mass is 10.3. The van der Waals surface area contributed by atoms with Crippen LogP contribution in [0.2, 0.25) is 0 Å². The SMILES string of the molecule is [O-][n+]1cc(O)cc(CO)c1. The van der Waals surface area contributed by atoms with Crippen LogP contribution in [0.3, 0.4) is 0 Å². The van der Waals surface area contributed by atoms with Gasteiger partial charge in [0.05, 0.1) is 6.61 Å². The molecule has 0 aliphatic carbocycles. The highest BCUT2D eigenvalue weighted by Gasteiger charge is 1.99. The first kappa shape index (κ1) is 6.82. The zero-order chi connectivity index (χ0) is 7.56. The van der Waals surface area contributed by atoms with E-state index in [1.165, 1.54) is 12.3 Å². The molecule has 4 nitrogen and oxygen atoms in total. The molecule has 0 fully saturated rings. The molecule has 0 bridgehead atoms. The van der Waals surface area contributed by atoms with E-state index in [1.807, 2.05) is 0 Å². The molecule has 1 aromatic rings. The molecular formula is C6H7NO3. The molecule has 0 aromatic carbocycles. The summed E-state index contributed by atoms with van der Waals surface area (Å²) in [5.41, 5.74) is 0.398. The average Bonchev–Trinajstić information content (AvgIpc) is 1.85. The summed E-state index contributed by atoms with van der Waals surface area (Å²) in [6.07, 6.45) is 2.21. The zero-order valence-corrected chi connectivity index (χ0v) is 5.19. The van der Waals surface area contributed by atoms with Gasteiger partial charge < -0.3 is 15.4 Å². The molecule has 0 radical (unpaired) electrons. The van der Waals surface area contributed by atoms with Gasteiger partial charge in [0, 0.05) is 5.56 Å². The monoisotopic (exact) mass is 141 g/mol. The molecule has 1 aromatic heterocycles. The fourth-order valence-corrected chi connectivity index (χ4v) is 0.682. The fraction of sp³-hybridized carbons (Fsp3) is 0.167. The van der Waals surface area contributed by atoms with Crippen molar-refractivity contribution in [2.24, 2.45) is 0 Å². The molecule has 10 heavy (non-hydrogen) atoms. The third-order valence-electron chi connectivity index (χ3n) is 1.07. The van der Waals surface area contributed by atoms with E-state index in [9.17, 15) is 5.21 Å². The first-order valence-corrected chi connectivity index (χ1v) is 2.75. The molecule has 0 saturated carbocycles. The molecule has 1 rings (SSSR count). The van der Waals surface area contributed by atoms with E-state index in [2.05, 4.69) is 0 Å². The van der Waals surface area contributed by atoms with Gasteiger partial charge in [-0.1, -0.05) is 0 Å².